The molecule has 0 saturated heterocycles. The minimum absolute atomic E-state index is 0.192. The third-order valence-corrected chi connectivity index (χ3v) is 1.99. The first-order valence-corrected chi connectivity index (χ1v) is 6.07. The molecule has 0 unspecified atom stereocenters. The van der Waals surface area contributed by atoms with Crippen LogP contribution in [0.25, 0.3) is 0 Å². The molecule has 1 rings (SSSR count). The Balaban J connectivity index is 2.46. The molecule has 0 radical (unpaired) electrons. The average molecular weight is 255 g/mol. The van der Waals surface area contributed by atoms with Crippen LogP contribution in [0.2, 0.25) is 0 Å². The zero-order chi connectivity index (χ0) is 13.4. The maximum Gasteiger partial charge on any atom is 0.218 e. The highest BCUT2D eigenvalue weighted by Gasteiger charge is 2.04. The van der Waals surface area contributed by atoms with E-state index >= 15 is 0 Å². The van der Waals surface area contributed by atoms with Gasteiger partial charge in [0.15, 0.2) is 5.82 Å². The number of nitrogen functional groups attached to an aromatic ring is 1. The molecule has 6 heteroatoms. The van der Waals surface area contributed by atoms with E-state index in [4.69, 9.17) is 19.9 Å². The van der Waals surface area contributed by atoms with Crippen LogP contribution in [0.1, 0.15) is 26.6 Å². The van der Waals surface area contributed by atoms with E-state index in [9.17, 15) is 0 Å². The first kappa shape index (κ1) is 14.7. The minimum atomic E-state index is 0.192. The Bertz CT molecular complexity index is 358. The van der Waals surface area contributed by atoms with Crippen molar-refractivity contribution in [3.63, 3.8) is 0 Å². The van der Waals surface area contributed by atoms with Crippen molar-refractivity contribution in [1.29, 1.82) is 0 Å². The van der Waals surface area contributed by atoms with Crippen LogP contribution in [-0.4, -0.2) is 35.9 Å². The molecule has 0 aliphatic heterocycles. The van der Waals surface area contributed by atoms with E-state index in [2.05, 4.69) is 9.97 Å². The highest BCUT2D eigenvalue weighted by molar-refractivity contribution is 5.32. The number of hydrogen-bond acceptors (Lipinski definition) is 6. The van der Waals surface area contributed by atoms with Crippen molar-refractivity contribution in [2.24, 2.45) is 0 Å². The molecule has 0 aliphatic carbocycles. The van der Waals surface area contributed by atoms with E-state index in [1.807, 2.05) is 20.8 Å². The van der Waals surface area contributed by atoms with E-state index in [1.54, 1.807) is 6.07 Å². The molecule has 0 bridgehead atoms. The highest BCUT2D eigenvalue weighted by Crippen LogP contribution is 2.11. The fourth-order valence-corrected chi connectivity index (χ4v) is 1.25. The average Bonchev–Trinajstić information content (AvgIpc) is 2.31. The minimum Gasteiger partial charge on any atom is -0.475 e. The summed E-state index contributed by atoms with van der Waals surface area (Å²) in [5.74, 6) is 1.35. The molecule has 0 aliphatic rings. The van der Waals surface area contributed by atoms with Gasteiger partial charge in [0.1, 0.15) is 19.0 Å². The second-order valence-electron chi connectivity index (χ2n) is 3.95. The van der Waals surface area contributed by atoms with Gasteiger partial charge in [-0.2, -0.15) is 4.98 Å². The van der Waals surface area contributed by atoms with Gasteiger partial charge in [0.25, 0.3) is 0 Å². The monoisotopic (exact) mass is 255 g/mol. The van der Waals surface area contributed by atoms with Gasteiger partial charge in [-0.05, 0) is 20.8 Å². The van der Waals surface area contributed by atoms with Gasteiger partial charge in [-0.15, -0.1) is 0 Å². The maximum absolute atomic E-state index is 5.67. The Morgan fingerprint density at radius 2 is 2.06 bits per heavy atom. The molecule has 1 heterocycles. The molecule has 18 heavy (non-hydrogen) atoms. The van der Waals surface area contributed by atoms with Crippen molar-refractivity contribution in [1.82, 2.24) is 9.97 Å². The standard InChI is InChI=1S/C12H21N3O3/c1-4-16-8-11-14-10(13)7-12(15-11)18-6-5-17-9(2)3/h7,9H,4-6,8H2,1-3H3,(H2,13,14,15). The van der Waals surface area contributed by atoms with Crippen LogP contribution in [0.4, 0.5) is 5.82 Å². The van der Waals surface area contributed by atoms with Crippen LogP contribution in [0.5, 0.6) is 5.88 Å². The highest BCUT2D eigenvalue weighted by atomic mass is 16.5. The molecule has 1 aromatic rings. The molecular formula is C12H21N3O3. The molecule has 6 nitrogen and oxygen atoms in total. The first-order valence-electron chi connectivity index (χ1n) is 6.07. The summed E-state index contributed by atoms with van der Waals surface area (Å²) in [6, 6.07) is 1.59. The largest absolute Gasteiger partial charge is 0.475 e. The predicted molar refractivity (Wildman–Crippen MR) is 68.4 cm³/mol. The molecule has 0 amide bonds. The summed E-state index contributed by atoms with van der Waals surface area (Å²) in [5, 5.41) is 0. The maximum atomic E-state index is 5.67. The van der Waals surface area contributed by atoms with Gasteiger partial charge in [-0.25, -0.2) is 4.98 Å². The molecule has 0 saturated carbocycles. The summed E-state index contributed by atoms with van der Waals surface area (Å²) in [7, 11) is 0. The molecule has 1 aromatic heterocycles. The third kappa shape index (κ3) is 5.79. The zero-order valence-electron chi connectivity index (χ0n) is 11.2. The van der Waals surface area contributed by atoms with Crippen molar-refractivity contribution in [2.75, 3.05) is 25.6 Å². The van der Waals surface area contributed by atoms with Crippen molar-refractivity contribution < 1.29 is 14.2 Å². The molecule has 102 valence electrons. The number of nitrogens with zero attached hydrogens (tertiary/aromatic N) is 2. The number of hydrogen-bond donors (Lipinski definition) is 1. The summed E-state index contributed by atoms with van der Waals surface area (Å²) in [4.78, 5) is 8.25. The first-order chi connectivity index (χ1) is 8.61. The summed E-state index contributed by atoms with van der Waals surface area (Å²) in [6.07, 6.45) is 0.192. The predicted octanol–water partition coefficient (Wildman–Crippen LogP) is 1.40. The Hall–Kier alpha value is -1.40. The van der Waals surface area contributed by atoms with Crippen LogP contribution in [0, 0.1) is 0 Å². The van der Waals surface area contributed by atoms with Crippen LogP contribution in [0.15, 0.2) is 6.07 Å². The zero-order valence-corrected chi connectivity index (χ0v) is 11.2. The molecule has 0 fully saturated rings. The topological polar surface area (TPSA) is 79.5 Å². The summed E-state index contributed by atoms with van der Waals surface area (Å²) < 4.78 is 16.0. The number of aromatic nitrogens is 2. The van der Waals surface area contributed by atoms with Crippen LogP contribution >= 0.6 is 0 Å². The van der Waals surface area contributed by atoms with Crippen molar-refractivity contribution in [3.05, 3.63) is 11.9 Å². The van der Waals surface area contributed by atoms with Gasteiger partial charge < -0.3 is 19.9 Å². The Kier molecular flexibility index (Phi) is 6.38. The second kappa shape index (κ2) is 7.84. The second-order valence-corrected chi connectivity index (χ2v) is 3.95. The van der Waals surface area contributed by atoms with Gasteiger partial charge in [-0.3, -0.25) is 0 Å². The Labute approximate surface area is 107 Å². The normalized spacial score (nSPS) is 10.9. The smallest absolute Gasteiger partial charge is 0.218 e. The van der Waals surface area contributed by atoms with E-state index in [0.717, 1.165) is 0 Å². The van der Waals surface area contributed by atoms with Crippen LogP contribution in [-0.2, 0) is 16.1 Å². The molecule has 0 aromatic carbocycles. The molecular weight excluding hydrogens is 234 g/mol. The van der Waals surface area contributed by atoms with E-state index in [-0.39, 0.29) is 6.10 Å². The summed E-state index contributed by atoms with van der Waals surface area (Å²) >= 11 is 0. The van der Waals surface area contributed by atoms with Gasteiger partial charge in [-0.1, -0.05) is 0 Å². The third-order valence-electron chi connectivity index (χ3n) is 1.99. The van der Waals surface area contributed by atoms with Crippen LogP contribution in [0.3, 0.4) is 0 Å². The number of nitrogens with two attached hydrogens (primary N) is 1. The van der Waals surface area contributed by atoms with Gasteiger partial charge in [0.05, 0.1) is 12.7 Å². The summed E-state index contributed by atoms with van der Waals surface area (Å²) in [5.41, 5.74) is 5.67. The summed E-state index contributed by atoms with van der Waals surface area (Å²) in [6.45, 7) is 7.75. The van der Waals surface area contributed by atoms with Gasteiger partial charge >= 0.3 is 0 Å². The Morgan fingerprint density at radius 1 is 1.28 bits per heavy atom. The SMILES string of the molecule is CCOCc1nc(N)cc(OCCOC(C)C)n1. The molecule has 0 spiro atoms. The fraction of sp³-hybridized carbons (Fsp3) is 0.667. The number of rotatable bonds is 8. The fourth-order valence-electron chi connectivity index (χ4n) is 1.25. The van der Waals surface area contributed by atoms with Crippen LogP contribution < -0.4 is 10.5 Å². The van der Waals surface area contributed by atoms with Crippen molar-refractivity contribution >= 4 is 5.82 Å². The van der Waals surface area contributed by atoms with E-state index in [1.165, 1.54) is 0 Å². The number of ether oxygens (including phenoxy) is 3. The lowest BCUT2D eigenvalue weighted by Crippen LogP contribution is -2.13. The Morgan fingerprint density at radius 3 is 2.72 bits per heavy atom. The van der Waals surface area contributed by atoms with Gasteiger partial charge in [0.2, 0.25) is 5.88 Å². The van der Waals surface area contributed by atoms with Crippen molar-refractivity contribution in [3.8, 4) is 5.88 Å². The lowest BCUT2D eigenvalue weighted by molar-refractivity contribution is 0.0540. The number of anilines is 1. The molecule has 2 N–H and O–H groups in total. The van der Waals surface area contributed by atoms with E-state index in [0.29, 0.717) is 43.9 Å². The quantitative estimate of drug-likeness (QED) is 0.707. The lowest BCUT2D eigenvalue weighted by Gasteiger charge is -2.10. The van der Waals surface area contributed by atoms with Crippen molar-refractivity contribution in [2.45, 2.75) is 33.5 Å². The van der Waals surface area contributed by atoms with E-state index < -0.39 is 0 Å². The lowest BCUT2D eigenvalue weighted by atomic mass is 10.5. The molecule has 0 atom stereocenters. The van der Waals surface area contributed by atoms with Gasteiger partial charge in [0, 0.05) is 12.7 Å².